The van der Waals surface area contributed by atoms with Gasteiger partial charge in [-0.15, -0.1) is 11.3 Å². The average molecular weight is 404 g/mol. The Bertz CT molecular complexity index is 828. The molecule has 1 heterocycles. The molecule has 0 saturated carbocycles. The summed E-state index contributed by atoms with van der Waals surface area (Å²) in [4.78, 5) is 35.1. The molecule has 1 N–H and O–H groups in total. The molecule has 1 amide bonds. The number of hydrogen-bond acceptors (Lipinski definition) is 7. The van der Waals surface area contributed by atoms with Gasteiger partial charge in [0.25, 0.3) is 0 Å². The van der Waals surface area contributed by atoms with Crippen molar-refractivity contribution in [1.29, 1.82) is 0 Å². The van der Waals surface area contributed by atoms with Gasteiger partial charge in [-0.2, -0.15) is 0 Å². The minimum atomic E-state index is -1.20. The zero-order valence-electron chi connectivity index (χ0n) is 15.8. The molecule has 1 aromatic carbocycles. The summed E-state index contributed by atoms with van der Waals surface area (Å²) in [6, 6.07) is 7.29. The van der Waals surface area contributed by atoms with Gasteiger partial charge in [-0.3, -0.25) is 4.79 Å². The highest BCUT2D eigenvalue weighted by Gasteiger charge is 2.22. The number of carbonyl (C=O) groups excluding carboxylic acids is 3. The van der Waals surface area contributed by atoms with Crippen LogP contribution in [0.2, 0.25) is 0 Å². The number of benzene rings is 1. The van der Waals surface area contributed by atoms with E-state index < -0.39 is 11.9 Å². The molecule has 0 aliphatic carbocycles. The Labute approximate surface area is 167 Å². The van der Waals surface area contributed by atoms with Crippen molar-refractivity contribution in [3.05, 3.63) is 35.2 Å². The Balaban J connectivity index is 2.25. The van der Waals surface area contributed by atoms with Crippen LogP contribution >= 0.6 is 11.3 Å². The molecule has 7 nitrogen and oxygen atoms in total. The van der Waals surface area contributed by atoms with Gasteiger partial charge in [0, 0.05) is 23.3 Å². The third-order valence-electron chi connectivity index (χ3n) is 3.78. The molecule has 0 aliphatic rings. The minimum absolute atomic E-state index is 0.0204. The Kier molecular flexibility index (Phi) is 8.01. The standard InChI is InChI=1S/C20H23NO6S/c1-3-26-14-10-8-13(9-11-14)15-12-28-19(18(15)20(25)27-4-2)21-16(22)6-5-7-17(23)24/h8-12H,3-7H2,1-2H3,(H,21,22)(H,23,24)/p-1. The molecule has 0 bridgehead atoms. The van der Waals surface area contributed by atoms with Crippen molar-refractivity contribution in [3.63, 3.8) is 0 Å². The zero-order chi connectivity index (χ0) is 20.5. The van der Waals surface area contributed by atoms with Crippen molar-refractivity contribution < 1.29 is 29.0 Å². The zero-order valence-corrected chi connectivity index (χ0v) is 16.6. The van der Waals surface area contributed by atoms with Gasteiger partial charge in [0.1, 0.15) is 16.3 Å². The molecule has 8 heteroatoms. The Morgan fingerprint density at radius 3 is 2.39 bits per heavy atom. The van der Waals surface area contributed by atoms with Crippen molar-refractivity contribution in [3.8, 4) is 16.9 Å². The van der Waals surface area contributed by atoms with Crippen LogP contribution in [0.3, 0.4) is 0 Å². The van der Waals surface area contributed by atoms with E-state index in [9.17, 15) is 19.5 Å². The maximum Gasteiger partial charge on any atom is 0.341 e. The highest BCUT2D eigenvalue weighted by atomic mass is 32.1. The molecule has 0 fully saturated rings. The number of hydrogen-bond donors (Lipinski definition) is 1. The summed E-state index contributed by atoms with van der Waals surface area (Å²) >= 11 is 1.22. The van der Waals surface area contributed by atoms with E-state index in [0.717, 1.165) is 11.3 Å². The van der Waals surface area contributed by atoms with E-state index in [1.807, 2.05) is 31.2 Å². The topological polar surface area (TPSA) is 105 Å². The average Bonchev–Trinajstić information content (AvgIpc) is 3.06. The predicted molar refractivity (Wildman–Crippen MR) is 104 cm³/mol. The van der Waals surface area contributed by atoms with Gasteiger partial charge in [0.05, 0.1) is 13.2 Å². The van der Waals surface area contributed by atoms with Gasteiger partial charge in [0.2, 0.25) is 5.91 Å². The van der Waals surface area contributed by atoms with Crippen LogP contribution in [0.4, 0.5) is 5.00 Å². The van der Waals surface area contributed by atoms with Gasteiger partial charge in [-0.25, -0.2) is 4.79 Å². The second-order valence-electron chi connectivity index (χ2n) is 5.81. The first kappa shape index (κ1) is 21.4. The lowest BCUT2D eigenvalue weighted by atomic mass is 10.0. The highest BCUT2D eigenvalue weighted by Crippen LogP contribution is 2.37. The second-order valence-corrected chi connectivity index (χ2v) is 6.68. The van der Waals surface area contributed by atoms with Crippen molar-refractivity contribution in [2.45, 2.75) is 33.1 Å². The van der Waals surface area contributed by atoms with Gasteiger partial charge < -0.3 is 24.7 Å². The van der Waals surface area contributed by atoms with Crippen molar-refractivity contribution >= 4 is 34.2 Å². The summed E-state index contributed by atoms with van der Waals surface area (Å²) in [7, 11) is 0. The first-order chi connectivity index (χ1) is 13.5. The highest BCUT2D eigenvalue weighted by molar-refractivity contribution is 7.15. The normalized spacial score (nSPS) is 10.4. The molecule has 0 atom stereocenters. The van der Waals surface area contributed by atoms with Crippen LogP contribution in [0.1, 0.15) is 43.5 Å². The van der Waals surface area contributed by atoms with Crippen molar-refractivity contribution in [2.75, 3.05) is 18.5 Å². The number of carboxylic acids is 1. The summed E-state index contributed by atoms with van der Waals surface area (Å²) in [5, 5.41) is 15.3. The van der Waals surface area contributed by atoms with Crippen LogP contribution < -0.4 is 15.2 Å². The maximum atomic E-state index is 12.5. The monoisotopic (exact) mass is 404 g/mol. The van der Waals surface area contributed by atoms with E-state index >= 15 is 0 Å². The molecule has 0 unspecified atom stereocenters. The molecule has 2 rings (SSSR count). The largest absolute Gasteiger partial charge is 0.550 e. The van der Waals surface area contributed by atoms with Gasteiger partial charge in [0.15, 0.2) is 0 Å². The third kappa shape index (κ3) is 5.82. The Morgan fingerprint density at radius 2 is 1.79 bits per heavy atom. The van der Waals surface area contributed by atoms with Crippen LogP contribution in [-0.2, 0) is 14.3 Å². The maximum absolute atomic E-state index is 12.5. The Morgan fingerprint density at radius 1 is 1.07 bits per heavy atom. The fraction of sp³-hybridized carbons (Fsp3) is 0.350. The molecule has 28 heavy (non-hydrogen) atoms. The van der Waals surface area contributed by atoms with Crippen LogP contribution in [0, 0.1) is 0 Å². The van der Waals surface area contributed by atoms with Crippen molar-refractivity contribution in [1.82, 2.24) is 0 Å². The van der Waals surface area contributed by atoms with E-state index in [0.29, 0.717) is 17.2 Å². The Hall–Kier alpha value is -2.87. The number of amides is 1. The number of carbonyl (C=O) groups is 3. The minimum Gasteiger partial charge on any atom is -0.550 e. The van der Waals surface area contributed by atoms with Gasteiger partial charge in [-0.05, 0) is 44.4 Å². The molecular weight excluding hydrogens is 382 g/mol. The van der Waals surface area contributed by atoms with E-state index in [1.165, 1.54) is 11.3 Å². The number of anilines is 1. The third-order valence-corrected chi connectivity index (χ3v) is 4.68. The smallest absolute Gasteiger partial charge is 0.341 e. The molecular formula is C20H22NO6S-. The predicted octanol–water partition coefficient (Wildman–Crippen LogP) is 2.85. The van der Waals surface area contributed by atoms with Gasteiger partial charge >= 0.3 is 5.97 Å². The van der Waals surface area contributed by atoms with Crippen LogP contribution in [0.25, 0.3) is 11.1 Å². The van der Waals surface area contributed by atoms with E-state index in [2.05, 4.69) is 5.32 Å². The lowest BCUT2D eigenvalue weighted by Crippen LogP contribution is -2.22. The van der Waals surface area contributed by atoms with Crippen LogP contribution in [0.15, 0.2) is 29.6 Å². The van der Waals surface area contributed by atoms with Gasteiger partial charge in [-0.1, -0.05) is 12.1 Å². The summed E-state index contributed by atoms with van der Waals surface area (Å²) in [6.07, 6.45) is -0.00736. The van der Waals surface area contributed by atoms with Crippen LogP contribution in [-0.4, -0.2) is 31.1 Å². The number of carboxylic acid groups (broad SMARTS) is 1. The number of thiophene rings is 1. The molecule has 150 valence electrons. The number of ether oxygens (including phenoxy) is 2. The molecule has 0 aliphatic heterocycles. The van der Waals surface area contributed by atoms with E-state index in [1.54, 1.807) is 12.3 Å². The summed E-state index contributed by atoms with van der Waals surface area (Å²) in [5.41, 5.74) is 1.72. The fourth-order valence-corrected chi connectivity index (χ4v) is 3.52. The second kappa shape index (κ2) is 10.5. The molecule has 0 saturated heterocycles. The molecule has 0 radical (unpaired) electrons. The molecule has 2 aromatic rings. The lowest BCUT2D eigenvalue weighted by Gasteiger charge is -2.09. The fourth-order valence-electron chi connectivity index (χ4n) is 2.55. The molecule has 1 aromatic heterocycles. The number of nitrogens with one attached hydrogen (secondary N) is 1. The quantitative estimate of drug-likeness (QED) is 0.611. The lowest BCUT2D eigenvalue weighted by molar-refractivity contribution is -0.305. The number of aliphatic carboxylic acids is 1. The van der Waals surface area contributed by atoms with Crippen molar-refractivity contribution in [2.24, 2.45) is 0 Å². The first-order valence-electron chi connectivity index (χ1n) is 8.97. The van der Waals surface area contributed by atoms with E-state index in [4.69, 9.17) is 9.47 Å². The summed E-state index contributed by atoms with van der Waals surface area (Å²) < 4.78 is 10.6. The number of rotatable bonds is 10. The SMILES string of the molecule is CCOC(=O)c1c(-c2ccc(OCC)cc2)csc1NC(=O)CCCC(=O)[O-]. The molecule has 0 spiro atoms. The summed E-state index contributed by atoms with van der Waals surface area (Å²) in [6.45, 7) is 4.36. The van der Waals surface area contributed by atoms with Crippen LogP contribution in [0.5, 0.6) is 5.75 Å². The number of esters is 1. The first-order valence-corrected chi connectivity index (χ1v) is 9.85. The van der Waals surface area contributed by atoms with E-state index in [-0.39, 0.29) is 37.3 Å². The summed E-state index contributed by atoms with van der Waals surface area (Å²) in [5.74, 6) is -1.38.